The molecule has 1 fully saturated rings. The molecule has 24 heavy (non-hydrogen) atoms. The molecule has 2 aromatic rings. The summed E-state index contributed by atoms with van der Waals surface area (Å²) in [6.07, 6.45) is 3.72. The molecule has 0 amide bonds. The number of hydrogen-bond donors (Lipinski definition) is 1. The number of aromatic nitrogens is 2. The van der Waals surface area contributed by atoms with Crippen LogP contribution in [-0.4, -0.2) is 29.1 Å². The first-order valence-electron chi connectivity index (χ1n) is 8.08. The minimum absolute atomic E-state index is 0.184. The van der Waals surface area contributed by atoms with Gasteiger partial charge in [0.25, 0.3) is 0 Å². The quantitative estimate of drug-likeness (QED) is 0.939. The summed E-state index contributed by atoms with van der Waals surface area (Å²) in [6.45, 7) is 5.34. The van der Waals surface area contributed by atoms with Crippen LogP contribution >= 0.6 is 0 Å². The molecule has 1 aliphatic rings. The van der Waals surface area contributed by atoms with Gasteiger partial charge < -0.3 is 10.2 Å². The van der Waals surface area contributed by atoms with Crippen LogP contribution in [0.3, 0.4) is 0 Å². The molecule has 124 valence electrons. The number of piperidine rings is 1. The van der Waals surface area contributed by atoms with Gasteiger partial charge in [0.1, 0.15) is 11.6 Å². The molecule has 3 rings (SSSR count). The first-order valence-corrected chi connectivity index (χ1v) is 8.08. The van der Waals surface area contributed by atoms with Crippen LogP contribution in [0.2, 0.25) is 0 Å². The van der Waals surface area contributed by atoms with E-state index in [-0.39, 0.29) is 11.9 Å². The maximum Gasteiger partial charge on any atom is 0.148 e. The normalized spacial score (nSPS) is 17.4. The monoisotopic (exact) mass is 325 g/mol. The average molecular weight is 325 g/mol. The number of hydrogen-bond acceptors (Lipinski definition) is 5. The number of anilines is 2. The van der Waals surface area contributed by atoms with Crippen LogP contribution in [0.5, 0.6) is 0 Å². The lowest BCUT2D eigenvalue weighted by atomic mass is 10.0. The summed E-state index contributed by atoms with van der Waals surface area (Å²) in [5, 5.41) is 12.3. The van der Waals surface area contributed by atoms with Crippen molar-refractivity contribution in [3.8, 4) is 6.07 Å². The second-order valence-corrected chi connectivity index (χ2v) is 6.15. The molecule has 1 aromatic carbocycles. The third-order valence-electron chi connectivity index (χ3n) is 4.26. The van der Waals surface area contributed by atoms with Gasteiger partial charge in [-0.3, -0.25) is 4.98 Å². The van der Waals surface area contributed by atoms with Gasteiger partial charge in [0.2, 0.25) is 0 Å². The molecule has 0 aliphatic carbocycles. The highest BCUT2D eigenvalue weighted by atomic mass is 19.1. The predicted octanol–water partition coefficient (Wildman–Crippen LogP) is 3.19. The first kappa shape index (κ1) is 16.2. The van der Waals surface area contributed by atoms with Crippen molar-refractivity contribution in [2.24, 2.45) is 0 Å². The highest BCUT2D eigenvalue weighted by molar-refractivity contribution is 5.52. The molecule has 1 saturated heterocycles. The highest BCUT2D eigenvalue weighted by Crippen LogP contribution is 2.25. The summed E-state index contributed by atoms with van der Waals surface area (Å²) in [4.78, 5) is 10.9. The van der Waals surface area contributed by atoms with E-state index >= 15 is 0 Å². The van der Waals surface area contributed by atoms with Crippen molar-refractivity contribution in [1.29, 1.82) is 5.26 Å². The first-order chi connectivity index (χ1) is 11.6. The van der Waals surface area contributed by atoms with E-state index in [4.69, 9.17) is 5.26 Å². The zero-order valence-electron chi connectivity index (χ0n) is 13.9. The predicted molar refractivity (Wildman–Crippen MR) is 91.5 cm³/mol. The second kappa shape index (κ2) is 6.83. The van der Waals surface area contributed by atoms with Crippen LogP contribution in [-0.2, 0) is 0 Å². The minimum atomic E-state index is -0.346. The van der Waals surface area contributed by atoms with Gasteiger partial charge in [0.05, 0.1) is 28.7 Å². The zero-order valence-corrected chi connectivity index (χ0v) is 13.9. The molecule has 0 radical (unpaired) electrons. The van der Waals surface area contributed by atoms with E-state index in [1.54, 1.807) is 18.3 Å². The Balaban J connectivity index is 1.75. The van der Waals surface area contributed by atoms with Crippen molar-refractivity contribution < 1.29 is 4.39 Å². The number of nitrogens with zero attached hydrogens (tertiary/aromatic N) is 4. The smallest absolute Gasteiger partial charge is 0.148 e. The van der Waals surface area contributed by atoms with Crippen LogP contribution in [0, 0.1) is 31.0 Å². The van der Waals surface area contributed by atoms with Gasteiger partial charge in [0.15, 0.2) is 0 Å². The molecule has 1 atom stereocenters. The van der Waals surface area contributed by atoms with Crippen LogP contribution in [0.25, 0.3) is 0 Å². The van der Waals surface area contributed by atoms with E-state index in [0.717, 1.165) is 36.6 Å². The SMILES string of the molecule is Cc1cnc(C)c(NC2CCCN(c3ccc(C#N)cc3F)C2)n1. The van der Waals surface area contributed by atoms with Gasteiger partial charge >= 0.3 is 0 Å². The number of benzene rings is 1. The summed E-state index contributed by atoms with van der Waals surface area (Å²) in [7, 11) is 0. The fourth-order valence-corrected chi connectivity index (χ4v) is 3.01. The Labute approximate surface area is 141 Å². The van der Waals surface area contributed by atoms with Crippen molar-refractivity contribution in [3.05, 3.63) is 47.2 Å². The van der Waals surface area contributed by atoms with Crippen molar-refractivity contribution in [2.75, 3.05) is 23.3 Å². The lowest BCUT2D eigenvalue weighted by Crippen LogP contribution is -2.42. The Morgan fingerprint density at radius 3 is 2.96 bits per heavy atom. The highest BCUT2D eigenvalue weighted by Gasteiger charge is 2.23. The summed E-state index contributed by atoms with van der Waals surface area (Å²) in [5.41, 5.74) is 2.62. The van der Waals surface area contributed by atoms with Gasteiger partial charge in [-0.1, -0.05) is 0 Å². The number of nitrogens with one attached hydrogen (secondary N) is 1. The van der Waals surface area contributed by atoms with Crippen LogP contribution in [0.1, 0.15) is 29.8 Å². The lowest BCUT2D eigenvalue weighted by Gasteiger charge is -2.35. The molecule has 1 N–H and O–H groups in total. The summed E-state index contributed by atoms with van der Waals surface area (Å²) in [5.74, 6) is 0.448. The topological polar surface area (TPSA) is 64.8 Å². The van der Waals surface area contributed by atoms with E-state index in [0.29, 0.717) is 17.8 Å². The molecule has 0 bridgehead atoms. The van der Waals surface area contributed by atoms with Gasteiger partial charge in [-0.05, 0) is 44.9 Å². The summed E-state index contributed by atoms with van der Waals surface area (Å²) < 4.78 is 14.3. The Bertz CT molecular complexity index is 783. The fourth-order valence-electron chi connectivity index (χ4n) is 3.01. The van der Waals surface area contributed by atoms with Gasteiger partial charge in [-0.15, -0.1) is 0 Å². The average Bonchev–Trinajstić information content (AvgIpc) is 2.58. The van der Waals surface area contributed by atoms with Crippen LogP contribution in [0.4, 0.5) is 15.9 Å². The number of halogens is 1. The zero-order chi connectivity index (χ0) is 17.1. The Morgan fingerprint density at radius 2 is 2.21 bits per heavy atom. The molecular formula is C18H20FN5. The fraction of sp³-hybridized carbons (Fsp3) is 0.389. The number of nitriles is 1. The van der Waals surface area contributed by atoms with E-state index in [2.05, 4.69) is 15.3 Å². The standard InChI is InChI=1S/C18H20FN5/c1-12-10-21-13(2)18(22-12)23-15-4-3-7-24(11-15)17-6-5-14(9-20)8-16(17)19/h5-6,8,10,15H,3-4,7,11H2,1-2H3,(H,22,23). The molecule has 0 saturated carbocycles. The molecule has 1 unspecified atom stereocenters. The van der Waals surface area contributed by atoms with Crippen LogP contribution in [0.15, 0.2) is 24.4 Å². The summed E-state index contributed by atoms with van der Waals surface area (Å²) >= 11 is 0. The van der Waals surface area contributed by atoms with Gasteiger partial charge in [-0.25, -0.2) is 9.37 Å². The van der Waals surface area contributed by atoms with Crippen molar-refractivity contribution in [1.82, 2.24) is 9.97 Å². The Morgan fingerprint density at radius 1 is 1.38 bits per heavy atom. The maximum atomic E-state index is 14.3. The van der Waals surface area contributed by atoms with Gasteiger partial charge in [0, 0.05) is 25.3 Å². The minimum Gasteiger partial charge on any atom is -0.367 e. The molecule has 0 spiro atoms. The Kier molecular flexibility index (Phi) is 4.61. The lowest BCUT2D eigenvalue weighted by molar-refractivity contribution is 0.517. The second-order valence-electron chi connectivity index (χ2n) is 6.15. The summed E-state index contributed by atoms with van der Waals surface area (Å²) in [6, 6.07) is 6.79. The molecule has 2 heterocycles. The van der Waals surface area contributed by atoms with E-state index in [1.807, 2.05) is 24.8 Å². The maximum absolute atomic E-state index is 14.3. The molecule has 6 heteroatoms. The van der Waals surface area contributed by atoms with Crippen molar-refractivity contribution >= 4 is 11.5 Å². The van der Waals surface area contributed by atoms with Crippen molar-refractivity contribution in [3.63, 3.8) is 0 Å². The van der Waals surface area contributed by atoms with Crippen LogP contribution < -0.4 is 10.2 Å². The third kappa shape index (κ3) is 3.46. The van der Waals surface area contributed by atoms with E-state index in [9.17, 15) is 4.39 Å². The molecule has 5 nitrogen and oxygen atoms in total. The Hall–Kier alpha value is -2.68. The molecule has 1 aromatic heterocycles. The molecular weight excluding hydrogens is 305 g/mol. The van der Waals surface area contributed by atoms with E-state index < -0.39 is 0 Å². The third-order valence-corrected chi connectivity index (χ3v) is 4.26. The molecule has 1 aliphatic heterocycles. The number of rotatable bonds is 3. The largest absolute Gasteiger partial charge is 0.367 e. The van der Waals surface area contributed by atoms with Crippen molar-refractivity contribution in [2.45, 2.75) is 32.7 Å². The van der Waals surface area contributed by atoms with Gasteiger partial charge in [-0.2, -0.15) is 5.26 Å². The number of aryl methyl sites for hydroxylation is 2. The van der Waals surface area contributed by atoms with E-state index in [1.165, 1.54) is 6.07 Å².